The number of benzene rings is 1. The summed E-state index contributed by atoms with van der Waals surface area (Å²) in [6, 6.07) is 6.71. The second-order valence-corrected chi connectivity index (χ2v) is 16.0. The van der Waals surface area contributed by atoms with E-state index in [1.807, 2.05) is 12.1 Å². The van der Waals surface area contributed by atoms with Crippen LogP contribution in [0.3, 0.4) is 0 Å². The minimum Gasteiger partial charge on any atom is -0.465 e. The van der Waals surface area contributed by atoms with Crippen molar-refractivity contribution in [3.05, 3.63) is 30.1 Å². The van der Waals surface area contributed by atoms with Gasteiger partial charge in [0.2, 0.25) is 0 Å². The molecule has 1 aromatic rings. The molecular weight excluding hydrogens is 545 g/mol. The van der Waals surface area contributed by atoms with Crippen molar-refractivity contribution < 1.29 is 18.7 Å². The van der Waals surface area contributed by atoms with Crippen LogP contribution in [0.4, 0.5) is 10.1 Å². The van der Waals surface area contributed by atoms with E-state index in [0.717, 1.165) is 42.7 Å². The van der Waals surface area contributed by atoms with Gasteiger partial charge in [0.15, 0.2) is 0 Å². The molecule has 0 N–H and O–H groups in total. The predicted molar refractivity (Wildman–Crippen MR) is 170 cm³/mol. The fourth-order valence-corrected chi connectivity index (χ4v) is 11.9. The zero-order chi connectivity index (χ0) is 30.0. The first-order valence-corrected chi connectivity index (χ1v) is 17.2. The van der Waals surface area contributed by atoms with Gasteiger partial charge < -0.3 is 9.47 Å². The molecule has 232 valence electrons. The largest absolute Gasteiger partial charge is 0.465 e. The number of rotatable bonds is 7. The monoisotopic (exact) mass is 597 g/mol. The summed E-state index contributed by atoms with van der Waals surface area (Å²) in [6.07, 6.45) is 12.6. The SMILES string of the molecule is CC(=O)OC1CC[C@]2(C)[C@H]3CC[C@]4(C)[C@@H]([C@H](C)CCCC(C)C)CC[C@H]4[C@@H]3C[C@@H]3OC(=S)N(c4ccc(F)cc4)[C@]32C1. The quantitative estimate of drug-likeness (QED) is 0.232. The molecule has 0 bridgehead atoms. The smallest absolute Gasteiger partial charge is 0.302 e. The van der Waals surface area contributed by atoms with Crippen molar-refractivity contribution >= 4 is 29.0 Å². The number of ether oxygens (including phenoxy) is 2. The van der Waals surface area contributed by atoms with E-state index < -0.39 is 5.54 Å². The van der Waals surface area contributed by atoms with Gasteiger partial charge in [0.05, 0.1) is 5.54 Å². The van der Waals surface area contributed by atoms with Gasteiger partial charge in [-0.1, -0.05) is 53.9 Å². The highest BCUT2D eigenvalue weighted by molar-refractivity contribution is 7.80. The number of hydrogen-bond acceptors (Lipinski definition) is 4. The summed E-state index contributed by atoms with van der Waals surface area (Å²) in [6.45, 7) is 13.9. The summed E-state index contributed by atoms with van der Waals surface area (Å²) in [5, 5.41) is 0.491. The van der Waals surface area contributed by atoms with Crippen LogP contribution in [-0.4, -0.2) is 28.9 Å². The van der Waals surface area contributed by atoms with Crippen LogP contribution in [0, 0.1) is 52.2 Å². The average Bonchev–Trinajstić information content (AvgIpc) is 3.41. The Balaban J connectivity index is 1.34. The van der Waals surface area contributed by atoms with Crippen LogP contribution in [-0.2, 0) is 14.3 Å². The van der Waals surface area contributed by atoms with Gasteiger partial charge in [-0.15, -0.1) is 0 Å². The molecule has 0 aromatic heterocycles. The predicted octanol–water partition coefficient (Wildman–Crippen LogP) is 9.10. The van der Waals surface area contributed by atoms with E-state index in [4.69, 9.17) is 21.7 Å². The molecule has 6 rings (SSSR count). The van der Waals surface area contributed by atoms with Crippen LogP contribution in [0.15, 0.2) is 24.3 Å². The number of nitrogens with zero attached hydrogens (tertiary/aromatic N) is 1. The molecule has 6 heteroatoms. The first-order valence-electron chi connectivity index (χ1n) is 16.8. The Bertz CT molecular complexity index is 1190. The Labute approximate surface area is 258 Å². The Hall–Kier alpha value is -1.69. The third-order valence-electron chi connectivity index (χ3n) is 13.2. The Morgan fingerprint density at radius 1 is 1.07 bits per heavy atom. The molecule has 4 saturated carbocycles. The standard InChI is InChI=1S/C36H52FNO3S/c1-22(2)8-7-9-23(3)29-14-15-30-28-20-32-36(38(33(42)41-32)26-12-10-25(37)11-13-26)21-27(40-24(4)39)16-19-35(36,6)31(28)17-18-34(29,30)5/h10-13,22-23,27-32H,7-9,14-21H2,1-6H3/t23-,27?,28+,29-,30+,31+,32+,34-,35-,36-/m1/s1. The fraction of sp³-hybridized carbons (Fsp3) is 0.778. The number of halogens is 1. The summed E-state index contributed by atoms with van der Waals surface area (Å²) < 4.78 is 26.7. The maximum Gasteiger partial charge on any atom is 0.302 e. The molecule has 4 nitrogen and oxygen atoms in total. The molecule has 1 spiro atoms. The summed E-state index contributed by atoms with van der Waals surface area (Å²) in [5.74, 6) is 3.76. The fourth-order valence-electron chi connectivity index (χ4n) is 11.5. The van der Waals surface area contributed by atoms with Gasteiger partial charge in [0, 0.05) is 19.0 Å². The van der Waals surface area contributed by atoms with Crippen LogP contribution in [0.5, 0.6) is 0 Å². The molecule has 1 unspecified atom stereocenters. The first-order chi connectivity index (χ1) is 19.9. The molecule has 1 saturated heterocycles. The zero-order valence-corrected chi connectivity index (χ0v) is 27.5. The number of anilines is 1. The second kappa shape index (κ2) is 11.0. The minimum absolute atomic E-state index is 0.0610. The van der Waals surface area contributed by atoms with Gasteiger partial charge in [0.25, 0.3) is 5.17 Å². The van der Waals surface area contributed by atoms with E-state index in [9.17, 15) is 9.18 Å². The van der Waals surface area contributed by atoms with Gasteiger partial charge in [-0.25, -0.2) is 4.39 Å². The van der Waals surface area contributed by atoms with Crippen LogP contribution in [0.2, 0.25) is 0 Å². The summed E-state index contributed by atoms with van der Waals surface area (Å²) in [7, 11) is 0. The van der Waals surface area contributed by atoms with Gasteiger partial charge in [-0.05, 0) is 128 Å². The number of esters is 1. The van der Waals surface area contributed by atoms with Crippen molar-refractivity contribution in [3.8, 4) is 0 Å². The van der Waals surface area contributed by atoms with E-state index in [1.165, 1.54) is 64.0 Å². The lowest BCUT2D eigenvalue weighted by molar-refractivity contribution is -0.178. The maximum atomic E-state index is 14.1. The molecule has 42 heavy (non-hydrogen) atoms. The second-order valence-electron chi connectivity index (χ2n) is 15.6. The molecule has 1 aromatic carbocycles. The van der Waals surface area contributed by atoms with Gasteiger partial charge in [0.1, 0.15) is 18.0 Å². The van der Waals surface area contributed by atoms with Crippen molar-refractivity contribution in [1.29, 1.82) is 0 Å². The Morgan fingerprint density at radius 2 is 1.81 bits per heavy atom. The number of hydrogen-bond donors (Lipinski definition) is 0. The lowest BCUT2D eigenvalue weighted by atomic mass is 9.41. The van der Waals surface area contributed by atoms with E-state index in [-0.39, 0.29) is 29.4 Å². The van der Waals surface area contributed by atoms with Crippen molar-refractivity contribution in [2.75, 3.05) is 4.90 Å². The topological polar surface area (TPSA) is 38.8 Å². The average molecular weight is 598 g/mol. The van der Waals surface area contributed by atoms with Crippen LogP contribution in [0.1, 0.15) is 112 Å². The number of carbonyl (C=O) groups is 1. The number of fused-ring (bicyclic) bond motifs is 4. The molecule has 1 aliphatic heterocycles. The molecule has 10 atom stereocenters. The van der Waals surface area contributed by atoms with E-state index in [0.29, 0.717) is 34.8 Å². The molecule has 0 amide bonds. The highest BCUT2D eigenvalue weighted by Gasteiger charge is 2.73. The van der Waals surface area contributed by atoms with Gasteiger partial charge >= 0.3 is 5.97 Å². The van der Waals surface area contributed by atoms with E-state index in [2.05, 4.69) is 39.5 Å². The van der Waals surface area contributed by atoms with E-state index >= 15 is 0 Å². The van der Waals surface area contributed by atoms with Crippen molar-refractivity contribution in [2.24, 2.45) is 46.3 Å². The first kappa shape index (κ1) is 30.3. The zero-order valence-electron chi connectivity index (χ0n) is 26.7. The summed E-state index contributed by atoms with van der Waals surface area (Å²) >= 11 is 6.00. The molecule has 5 aliphatic rings. The lowest BCUT2D eigenvalue weighted by Crippen LogP contribution is -2.72. The normalized spacial score (nSPS) is 41.4. The third kappa shape index (κ3) is 4.63. The molecular formula is C36H52FNO3S. The van der Waals surface area contributed by atoms with Gasteiger partial charge in [-0.3, -0.25) is 9.69 Å². The molecule has 0 radical (unpaired) electrons. The maximum absolute atomic E-state index is 14.1. The van der Waals surface area contributed by atoms with Crippen molar-refractivity contribution in [2.45, 2.75) is 130 Å². The van der Waals surface area contributed by atoms with Crippen LogP contribution in [0.25, 0.3) is 0 Å². The molecule has 5 fully saturated rings. The Morgan fingerprint density at radius 3 is 2.50 bits per heavy atom. The Kier molecular flexibility index (Phi) is 7.97. The number of thiocarbonyl (C=S) groups is 1. The highest BCUT2D eigenvalue weighted by atomic mass is 32.1. The van der Waals surface area contributed by atoms with Crippen LogP contribution >= 0.6 is 12.2 Å². The van der Waals surface area contributed by atoms with E-state index in [1.54, 1.807) is 0 Å². The molecule has 4 aliphatic carbocycles. The number of carbonyl (C=O) groups excluding carboxylic acids is 1. The van der Waals surface area contributed by atoms with Crippen molar-refractivity contribution in [1.82, 2.24) is 0 Å². The third-order valence-corrected chi connectivity index (χ3v) is 13.5. The lowest BCUT2D eigenvalue weighted by Gasteiger charge is -2.67. The summed E-state index contributed by atoms with van der Waals surface area (Å²) in [5.41, 5.74) is 0.791. The highest BCUT2D eigenvalue weighted by Crippen LogP contribution is 2.71. The molecule has 1 heterocycles. The van der Waals surface area contributed by atoms with Crippen molar-refractivity contribution in [3.63, 3.8) is 0 Å². The summed E-state index contributed by atoms with van der Waals surface area (Å²) in [4.78, 5) is 14.4. The van der Waals surface area contributed by atoms with Crippen LogP contribution < -0.4 is 4.90 Å². The minimum atomic E-state index is -0.419. The van der Waals surface area contributed by atoms with Gasteiger partial charge in [-0.2, -0.15) is 0 Å².